The molecule has 2 heterocycles. The number of amides is 1. The molecule has 0 aliphatic rings. The second kappa shape index (κ2) is 10.8. The zero-order valence-corrected chi connectivity index (χ0v) is 19.9. The van der Waals surface area contributed by atoms with E-state index < -0.39 is 12.1 Å². The van der Waals surface area contributed by atoms with E-state index >= 15 is 0 Å². The van der Waals surface area contributed by atoms with Gasteiger partial charge in [0, 0.05) is 28.5 Å². The number of carbonyl (C=O) groups excluding carboxylic acids is 1. The average molecular weight is 507 g/mol. The number of nitrogens with one attached hydrogen (secondary N) is 1. The summed E-state index contributed by atoms with van der Waals surface area (Å²) < 4.78 is 53.6. The van der Waals surface area contributed by atoms with Gasteiger partial charge in [-0.25, -0.2) is 9.37 Å². The molecule has 2 aromatic carbocycles. The Kier molecular flexibility index (Phi) is 8.00. The van der Waals surface area contributed by atoms with Gasteiger partial charge < -0.3 is 9.84 Å². The Hall–Kier alpha value is -3.60. The molecule has 4 aromatic rings. The molecule has 184 valence electrons. The first-order valence-electron chi connectivity index (χ1n) is 10.4. The van der Waals surface area contributed by atoms with Crippen LogP contribution < -0.4 is 5.32 Å². The van der Waals surface area contributed by atoms with E-state index in [9.17, 15) is 22.4 Å². The van der Waals surface area contributed by atoms with Gasteiger partial charge in [0.2, 0.25) is 12.2 Å². The first-order valence-corrected chi connectivity index (χ1v) is 11.2. The Morgan fingerprint density at radius 1 is 1.06 bits per heavy atom. The second-order valence-electron chi connectivity index (χ2n) is 8.22. The van der Waals surface area contributed by atoms with E-state index in [2.05, 4.69) is 25.0 Å². The molecule has 2 aromatic heterocycles. The Balaban J connectivity index is 0.000000198. The first kappa shape index (κ1) is 26.0. The molecule has 4 rings (SSSR count). The number of hydrogen-bond acceptors (Lipinski definition) is 6. The predicted octanol–water partition coefficient (Wildman–Crippen LogP) is 6.04. The third kappa shape index (κ3) is 6.95. The highest BCUT2D eigenvalue weighted by Crippen LogP contribution is 2.30. The maximum absolute atomic E-state index is 12.9. The summed E-state index contributed by atoms with van der Waals surface area (Å²) in [7, 11) is 0. The zero-order chi connectivity index (χ0) is 25.6. The SMILES string of the molecule is CC(C)(CNC=O)c1nc(-c2ccc(F)cc2)cs1.Cc1cccc(-c2noc(C(F)(F)F)n2)c1. The Bertz CT molecular complexity index is 1270. The van der Waals surface area contributed by atoms with Gasteiger partial charge in [-0.15, -0.1) is 11.3 Å². The molecule has 0 aliphatic carbocycles. The highest BCUT2D eigenvalue weighted by atomic mass is 32.1. The number of aryl methyl sites for hydroxylation is 1. The second-order valence-corrected chi connectivity index (χ2v) is 9.08. The number of alkyl halides is 3. The summed E-state index contributed by atoms with van der Waals surface area (Å²) in [5.74, 6) is -1.64. The maximum Gasteiger partial charge on any atom is 0.471 e. The van der Waals surface area contributed by atoms with Gasteiger partial charge in [0.05, 0.1) is 5.69 Å². The van der Waals surface area contributed by atoms with Crippen molar-refractivity contribution in [3.63, 3.8) is 0 Å². The Labute approximate surface area is 203 Å². The minimum Gasteiger partial charge on any atom is -0.358 e. The number of hydrogen-bond donors (Lipinski definition) is 1. The van der Waals surface area contributed by atoms with Crippen molar-refractivity contribution < 1.29 is 26.9 Å². The normalized spacial score (nSPS) is 11.5. The summed E-state index contributed by atoms with van der Waals surface area (Å²) in [5.41, 5.74) is 2.92. The molecule has 0 saturated carbocycles. The van der Waals surface area contributed by atoms with Crippen LogP contribution in [0, 0.1) is 12.7 Å². The number of carbonyl (C=O) groups is 1. The highest BCUT2D eigenvalue weighted by Gasteiger charge is 2.38. The van der Waals surface area contributed by atoms with Crippen molar-refractivity contribution >= 4 is 17.7 Å². The third-order valence-electron chi connectivity index (χ3n) is 4.80. The first-order chi connectivity index (χ1) is 16.5. The quantitative estimate of drug-likeness (QED) is 0.255. The van der Waals surface area contributed by atoms with Crippen molar-refractivity contribution in [2.24, 2.45) is 0 Å². The fraction of sp³-hybridized carbons (Fsp3) is 0.250. The molecule has 0 spiro atoms. The smallest absolute Gasteiger partial charge is 0.358 e. The van der Waals surface area contributed by atoms with Crippen LogP contribution in [0.15, 0.2) is 58.4 Å². The summed E-state index contributed by atoms with van der Waals surface area (Å²) in [4.78, 5) is 18.2. The van der Waals surface area contributed by atoms with E-state index in [1.54, 1.807) is 41.7 Å². The zero-order valence-electron chi connectivity index (χ0n) is 19.1. The van der Waals surface area contributed by atoms with E-state index in [1.165, 1.54) is 12.1 Å². The van der Waals surface area contributed by atoms with Gasteiger partial charge in [0.15, 0.2) is 0 Å². The van der Waals surface area contributed by atoms with E-state index in [-0.39, 0.29) is 17.1 Å². The van der Waals surface area contributed by atoms with E-state index in [0.29, 0.717) is 18.5 Å². The molecule has 1 N–H and O–H groups in total. The van der Waals surface area contributed by atoms with Crippen LogP contribution in [0.25, 0.3) is 22.6 Å². The van der Waals surface area contributed by atoms with Crippen LogP contribution in [-0.2, 0) is 16.4 Å². The monoisotopic (exact) mass is 506 g/mol. The van der Waals surface area contributed by atoms with Gasteiger partial charge in [0.25, 0.3) is 0 Å². The van der Waals surface area contributed by atoms with Gasteiger partial charge in [-0.2, -0.15) is 18.2 Å². The molecule has 0 unspecified atom stereocenters. The van der Waals surface area contributed by atoms with Crippen LogP contribution in [0.3, 0.4) is 0 Å². The van der Waals surface area contributed by atoms with Crippen molar-refractivity contribution in [3.05, 3.63) is 76.2 Å². The topological polar surface area (TPSA) is 80.9 Å². The van der Waals surface area contributed by atoms with Crippen molar-refractivity contribution in [1.82, 2.24) is 20.4 Å². The molecule has 0 radical (unpaired) electrons. The van der Waals surface area contributed by atoms with Crippen LogP contribution in [0.5, 0.6) is 0 Å². The molecular formula is C24H22F4N4O2S. The van der Waals surface area contributed by atoms with Gasteiger partial charge in [0.1, 0.15) is 10.8 Å². The largest absolute Gasteiger partial charge is 0.471 e. The molecule has 11 heteroatoms. The van der Waals surface area contributed by atoms with Gasteiger partial charge >= 0.3 is 12.1 Å². The van der Waals surface area contributed by atoms with Crippen LogP contribution in [-0.4, -0.2) is 28.1 Å². The highest BCUT2D eigenvalue weighted by molar-refractivity contribution is 7.10. The molecule has 0 fully saturated rings. The lowest BCUT2D eigenvalue weighted by atomic mass is 9.94. The third-order valence-corrected chi connectivity index (χ3v) is 6.00. The minimum atomic E-state index is -4.60. The molecule has 1 amide bonds. The van der Waals surface area contributed by atoms with Crippen LogP contribution in [0.2, 0.25) is 0 Å². The van der Waals surface area contributed by atoms with E-state index in [1.807, 2.05) is 32.2 Å². The van der Waals surface area contributed by atoms with Gasteiger partial charge in [-0.1, -0.05) is 42.8 Å². The number of thiazole rings is 1. The van der Waals surface area contributed by atoms with E-state index in [4.69, 9.17) is 0 Å². The van der Waals surface area contributed by atoms with Gasteiger partial charge in [-0.05, 0) is 37.3 Å². The summed E-state index contributed by atoms with van der Waals surface area (Å²) in [6.45, 7) is 6.41. The van der Waals surface area contributed by atoms with Gasteiger partial charge in [-0.3, -0.25) is 4.79 Å². The average Bonchev–Trinajstić information content (AvgIpc) is 3.49. The predicted molar refractivity (Wildman–Crippen MR) is 124 cm³/mol. The lowest BCUT2D eigenvalue weighted by Crippen LogP contribution is -2.32. The molecule has 0 atom stereocenters. The summed E-state index contributed by atoms with van der Waals surface area (Å²) in [6.07, 6.45) is -3.91. The number of halogens is 4. The molecule has 0 saturated heterocycles. The number of benzene rings is 2. The van der Waals surface area contributed by atoms with Crippen molar-refractivity contribution in [2.75, 3.05) is 6.54 Å². The lowest BCUT2D eigenvalue weighted by molar-refractivity contribution is -0.159. The standard InChI is InChI=1S/C14H15FN2OS.C10H7F3N2O/c1-14(2,8-16-9-18)13-17-12(7-19-13)10-3-5-11(15)6-4-10;1-6-3-2-4-7(5-6)8-14-9(16-15-8)10(11,12)13/h3-7,9H,8H2,1-2H3,(H,16,18);2-5H,1H3. The number of nitrogens with zero attached hydrogens (tertiary/aromatic N) is 3. The maximum atomic E-state index is 12.9. The molecule has 0 bridgehead atoms. The summed E-state index contributed by atoms with van der Waals surface area (Å²) in [5, 5.41) is 8.86. The fourth-order valence-corrected chi connectivity index (χ4v) is 3.90. The van der Waals surface area contributed by atoms with Crippen molar-refractivity contribution in [1.29, 1.82) is 0 Å². The molecular weight excluding hydrogens is 484 g/mol. The van der Waals surface area contributed by atoms with E-state index in [0.717, 1.165) is 21.8 Å². The molecule has 35 heavy (non-hydrogen) atoms. The van der Waals surface area contributed by atoms with Crippen molar-refractivity contribution in [3.8, 4) is 22.6 Å². The van der Waals surface area contributed by atoms with Crippen LogP contribution in [0.4, 0.5) is 17.6 Å². The Morgan fingerprint density at radius 3 is 2.37 bits per heavy atom. The van der Waals surface area contributed by atoms with Crippen molar-refractivity contribution in [2.45, 2.75) is 32.4 Å². The van der Waals surface area contributed by atoms with Crippen LogP contribution >= 0.6 is 11.3 Å². The number of aromatic nitrogens is 3. The Morgan fingerprint density at radius 2 is 1.77 bits per heavy atom. The fourth-order valence-electron chi connectivity index (χ4n) is 2.95. The lowest BCUT2D eigenvalue weighted by Gasteiger charge is -2.20. The summed E-state index contributed by atoms with van der Waals surface area (Å²) >= 11 is 1.55. The summed E-state index contributed by atoms with van der Waals surface area (Å²) in [6, 6.07) is 13.1. The number of rotatable bonds is 6. The molecule has 0 aliphatic heterocycles. The molecule has 6 nitrogen and oxygen atoms in total. The van der Waals surface area contributed by atoms with Crippen LogP contribution in [0.1, 0.15) is 30.3 Å². The minimum absolute atomic E-state index is 0.0592.